The van der Waals surface area contributed by atoms with Crippen molar-refractivity contribution in [1.29, 1.82) is 0 Å². The Bertz CT molecular complexity index is 874. The maximum atomic E-state index is 9.62. The first-order chi connectivity index (χ1) is 12.1. The van der Waals surface area contributed by atoms with Gasteiger partial charge in [-0.25, -0.2) is 4.98 Å². The molecule has 3 rings (SSSR count). The Morgan fingerprint density at radius 1 is 1.12 bits per heavy atom. The van der Waals surface area contributed by atoms with Crippen LogP contribution in [0, 0.1) is 13.8 Å². The van der Waals surface area contributed by atoms with Gasteiger partial charge in [-0.3, -0.25) is 0 Å². The Morgan fingerprint density at radius 3 is 2.64 bits per heavy atom. The number of hydrogen-bond acceptors (Lipinski definition) is 3. The summed E-state index contributed by atoms with van der Waals surface area (Å²) in [6.45, 7) is 5.55. The molecule has 2 aromatic carbocycles. The molecule has 0 spiro atoms. The molecule has 0 aliphatic heterocycles. The first-order valence-electron chi connectivity index (χ1n) is 8.54. The molecule has 25 heavy (non-hydrogen) atoms. The van der Waals surface area contributed by atoms with E-state index in [4.69, 9.17) is 16.3 Å². The number of unbranched alkanes of at least 4 members (excludes halogenated alkanes) is 1. The number of nitrogens with zero attached hydrogens (tertiary/aromatic N) is 2. The summed E-state index contributed by atoms with van der Waals surface area (Å²) in [5.41, 5.74) is 4.48. The number of hydrogen-bond donors (Lipinski definition) is 1. The molecule has 0 saturated carbocycles. The van der Waals surface area contributed by atoms with Crippen LogP contribution >= 0.6 is 11.6 Å². The van der Waals surface area contributed by atoms with Crippen molar-refractivity contribution in [2.75, 3.05) is 6.61 Å². The highest BCUT2D eigenvalue weighted by molar-refractivity contribution is 6.32. The minimum Gasteiger partial charge on any atom is -0.492 e. The lowest BCUT2D eigenvalue weighted by Gasteiger charge is -2.10. The van der Waals surface area contributed by atoms with Gasteiger partial charge >= 0.3 is 0 Å². The lowest BCUT2D eigenvalue weighted by molar-refractivity contribution is 0.263. The fourth-order valence-corrected chi connectivity index (χ4v) is 3.11. The predicted molar refractivity (Wildman–Crippen MR) is 101 cm³/mol. The molecule has 132 valence electrons. The summed E-state index contributed by atoms with van der Waals surface area (Å²) >= 11 is 6.09. The van der Waals surface area contributed by atoms with Gasteiger partial charge in [-0.1, -0.05) is 23.7 Å². The molecule has 0 unspecified atom stereocenters. The van der Waals surface area contributed by atoms with Crippen molar-refractivity contribution in [2.24, 2.45) is 0 Å². The maximum Gasteiger partial charge on any atom is 0.137 e. The highest BCUT2D eigenvalue weighted by Gasteiger charge is 2.11. The fourth-order valence-electron chi connectivity index (χ4n) is 2.92. The summed E-state index contributed by atoms with van der Waals surface area (Å²) in [5.74, 6) is 1.44. The van der Waals surface area contributed by atoms with Crippen LogP contribution in [-0.2, 0) is 13.2 Å². The molecule has 5 heteroatoms. The minimum absolute atomic E-state index is 0.0527. The third-order valence-corrected chi connectivity index (χ3v) is 4.77. The van der Waals surface area contributed by atoms with Gasteiger partial charge in [-0.15, -0.1) is 0 Å². The second kappa shape index (κ2) is 7.89. The summed E-state index contributed by atoms with van der Waals surface area (Å²) in [7, 11) is 0. The van der Waals surface area contributed by atoms with Crippen LogP contribution in [0.5, 0.6) is 5.75 Å². The lowest BCUT2D eigenvalue weighted by atomic mass is 10.1. The fraction of sp³-hybridized carbons (Fsp3) is 0.350. The van der Waals surface area contributed by atoms with Gasteiger partial charge in [0, 0.05) is 6.54 Å². The zero-order valence-corrected chi connectivity index (χ0v) is 15.4. The molecule has 0 saturated heterocycles. The van der Waals surface area contributed by atoms with Crippen molar-refractivity contribution in [3.8, 4) is 5.75 Å². The van der Waals surface area contributed by atoms with Crippen LogP contribution in [-0.4, -0.2) is 21.3 Å². The Morgan fingerprint density at radius 2 is 1.88 bits per heavy atom. The molecule has 1 heterocycles. The van der Waals surface area contributed by atoms with E-state index in [9.17, 15) is 5.11 Å². The van der Waals surface area contributed by atoms with Gasteiger partial charge in [-0.05, 0) is 62.1 Å². The second-order valence-electron chi connectivity index (χ2n) is 6.25. The molecule has 0 amide bonds. The average molecular weight is 359 g/mol. The van der Waals surface area contributed by atoms with Crippen LogP contribution < -0.4 is 4.74 Å². The quantitative estimate of drug-likeness (QED) is 0.625. The first kappa shape index (κ1) is 17.8. The number of para-hydroxylation sites is 1. The average Bonchev–Trinajstić information content (AvgIpc) is 2.93. The summed E-state index contributed by atoms with van der Waals surface area (Å²) < 4.78 is 7.84. The minimum atomic E-state index is -0.0527. The van der Waals surface area contributed by atoms with Crippen molar-refractivity contribution in [3.05, 3.63) is 58.4 Å². The maximum absolute atomic E-state index is 9.62. The standard InChI is InChI=1S/C20H23ClN2O2/c1-14-11-17-18(12-15(14)2)23(20(13-24)22-17)9-5-6-10-25-19-8-4-3-7-16(19)21/h3-4,7-8,11-12,24H,5-6,9-10,13H2,1-2H3. The zero-order valence-electron chi connectivity index (χ0n) is 14.6. The number of aryl methyl sites for hydroxylation is 3. The summed E-state index contributed by atoms with van der Waals surface area (Å²) in [5, 5.41) is 10.3. The first-order valence-corrected chi connectivity index (χ1v) is 8.92. The molecule has 3 aromatic rings. The SMILES string of the molecule is Cc1cc2nc(CO)n(CCCCOc3ccccc3Cl)c2cc1C. The van der Waals surface area contributed by atoms with E-state index in [1.54, 1.807) is 0 Å². The number of rotatable bonds is 7. The molecule has 0 radical (unpaired) electrons. The van der Waals surface area contributed by atoms with Crippen LogP contribution in [0.3, 0.4) is 0 Å². The van der Waals surface area contributed by atoms with Crippen LogP contribution in [0.15, 0.2) is 36.4 Å². The van der Waals surface area contributed by atoms with Gasteiger partial charge < -0.3 is 14.4 Å². The normalized spacial score (nSPS) is 11.2. The largest absolute Gasteiger partial charge is 0.492 e. The molecule has 0 fully saturated rings. The van der Waals surface area contributed by atoms with Crippen molar-refractivity contribution in [2.45, 2.75) is 39.8 Å². The van der Waals surface area contributed by atoms with Gasteiger partial charge in [-0.2, -0.15) is 0 Å². The van der Waals surface area contributed by atoms with Crippen molar-refractivity contribution in [1.82, 2.24) is 9.55 Å². The number of aromatic nitrogens is 2. The van der Waals surface area contributed by atoms with Gasteiger partial charge in [0.2, 0.25) is 0 Å². The summed E-state index contributed by atoms with van der Waals surface area (Å²) in [6.07, 6.45) is 1.84. The smallest absolute Gasteiger partial charge is 0.137 e. The number of aliphatic hydroxyl groups is 1. The second-order valence-corrected chi connectivity index (χ2v) is 6.66. The lowest BCUT2D eigenvalue weighted by Crippen LogP contribution is -2.06. The van der Waals surface area contributed by atoms with Crippen LogP contribution in [0.2, 0.25) is 5.02 Å². The topological polar surface area (TPSA) is 47.3 Å². The van der Waals surface area contributed by atoms with Crippen molar-refractivity contribution >= 4 is 22.6 Å². The van der Waals surface area contributed by atoms with E-state index < -0.39 is 0 Å². The summed E-state index contributed by atoms with van der Waals surface area (Å²) in [6, 6.07) is 11.7. The third-order valence-electron chi connectivity index (χ3n) is 4.45. The molecule has 0 bridgehead atoms. The number of halogens is 1. The van der Waals surface area contributed by atoms with E-state index in [0.29, 0.717) is 17.5 Å². The van der Waals surface area contributed by atoms with Crippen LogP contribution in [0.4, 0.5) is 0 Å². The Hall–Kier alpha value is -2.04. The van der Waals surface area contributed by atoms with Crippen molar-refractivity contribution < 1.29 is 9.84 Å². The van der Waals surface area contributed by atoms with Crippen LogP contribution in [0.25, 0.3) is 11.0 Å². The number of fused-ring (bicyclic) bond motifs is 1. The monoisotopic (exact) mass is 358 g/mol. The molecular formula is C20H23ClN2O2. The van der Waals surface area contributed by atoms with Crippen molar-refractivity contribution in [3.63, 3.8) is 0 Å². The predicted octanol–water partition coefficient (Wildman–Crippen LogP) is 4.66. The Balaban J connectivity index is 1.63. The number of ether oxygens (including phenoxy) is 1. The highest BCUT2D eigenvalue weighted by Crippen LogP contribution is 2.24. The third kappa shape index (κ3) is 3.97. The number of benzene rings is 2. The molecule has 0 aliphatic rings. The molecule has 4 nitrogen and oxygen atoms in total. The van der Waals surface area contributed by atoms with Gasteiger partial charge in [0.05, 0.1) is 22.7 Å². The molecular weight excluding hydrogens is 336 g/mol. The Labute approximate surface area is 153 Å². The van der Waals surface area contributed by atoms with Gasteiger partial charge in [0.25, 0.3) is 0 Å². The van der Waals surface area contributed by atoms with E-state index in [1.807, 2.05) is 24.3 Å². The number of imidazole rings is 1. The summed E-state index contributed by atoms with van der Waals surface area (Å²) in [4.78, 5) is 4.56. The van der Waals surface area contributed by atoms with Crippen LogP contribution in [0.1, 0.15) is 29.8 Å². The van der Waals surface area contributed by atoms with Gasteiger partial charge in [0.15, 0.2) is 0 Å². The van der Waals surface area contributed by atoms with E-state index in [0.717, 1.165) is 36.2 Å². The van der Waals surface area contributed by atoms with Gasteiger partial charge in [0.1, 0.15) is 18.2 Å². The zero-order chi connectivity index (χ0) is 17.8. The molecule has 0 atom stereocenters. The Kier molecular flexibility index (Phi) is 5.61. The molecule has 1 aromatic heterocycles. The van der Waals surface area contributed by atoms with E-state index >= 15 is 0 Å². The number of aliphatic hydroxyl groups excluding tert-OH is 1. The molecule has 0 aliphatic carbocycles. The van der Waals surface area contributed by atoms with E-state index in [1.165, 1.54) is 11.1 Å². The highest BCUT2D eigenvalue weighted by atomic mass is 35.5. The van der Waals surface area contributed by atoms with E-state index in [2.05, 4.69) is 35.5 Å². The van der Waals surface area contributed by atoms with E-state index in [-0.39, 0.29) is 6.61 Å². The molecule has 1 N–H and O–H groups in total.